The first kappa shape index (κ1) is 17.1. The van der Waals surface area contributed by atoms with E-state index in [0.717, 1.165) is 17.7 Å². The number of carbonyl (C=O) groups excluding carboxylic acids is 2. The van der Waals surface area contributed by atoms with E-state index in [-0.39, 0.29) is 18.2 Å². The van der Waals surface area contributed by atoms with Crippen LogP contribution in [0.2, 0.25) is 0 Å². The van der Waals surface area contributed by atoms with Crippen LogP contribution in [-0.4, -0.2) is 29.4 Å². The molecule has 0 saturated carbocycles. The minimum atomic E-state index is -0.510. The van der Waals surface area contributed by atoms with Gasteiger partial charge in [-0.3, -0.25) is 14.6 Å². The zero-order valence-corrected chi connectivity index (χ0v) is 14.1. The van der Waals surface area contributed by atoms with Gasteiger partial charge in [0.25, 0.3) is 5.91 Å². The fraction of sp³-hybridized carbons (Fsp3) is 0.316. The Kier molecular flexibility index (Phi) is 5.40. The summed E-state index contributed by atoms with van der Waals surface area (Å²) in [7, 11) is 0. The van der Waals surface area contributed by atoms with Crippen molar-refractivity contribution in [3.8, 4) is 5.75 Å². The van der Waals surface area contributed by atoms with Crippen molar-refractivity contribution in [3.63, 3.8) is 0 Å². The van der Waals surface area contributed by atoms with Crippen LogP contribution < -0.4 is 15.0 Å². The van der Waals surface area contributed by atoms with Crippen LogP contribution >= 0.6 is 0 Å². The van der Waals surface area contributed by atoms with Crippen molar-refractivity contribution in [1.29, 1.82) is 0 Å². The zero-order chi connectivity index (χ0) is 17.6. The summed E-state index contributed by atoms with van der Waals surface area (Å²) < 4.78 is 5.53. The maximum Gasteiger partial charge on any atom is 0.251 e. The average Bonchev–Trinajstić information content (AvgIpc) is 2.93. The molecule has 6 nitrogen and oxygen atoms in total. The van der Waals surface area contributed by atoms with Gasteiger partial charge in [0.05, 0.1) is 24.8 Å². The largest absolute Gasteiger partial charge is 0.494 e. The van der Waals surface area contributed by atoms with Crippen LogP contribution in [0.1, 0.15) is 25.3 Å². The number of imide groups is 1. The molecule has 0 bridgehead atoms. The number of nitrogens with zero attached hydrogens (tertiary/aromatic N) is 2. The highest BCUT2D eigenvalue weighted by molar-refractivity contribution is 6.22. The van der Waals surface area contributed by atoms with Gasteiger partial charge in [-0.2, -0.15) is 0 Å². The van der Waals surface area contributed by atoms with E-state index in [1.807, 2.05) is 19.1 Å². The maximum absolute atomic E-state index is 12.6. The zero-order valence-electron chi connectivity index (χ0n) is 14.1. The third-order valence-electron chi connectivity index (χ3n) is 3.99. The lowest BCUT2D eigenvalue weighted by atomic mass is 10.2. The molecule has 2 aromatic rings. The van der Waals surface area contributed by atoms with Crippen molar-refractivity contribution >= 4 is 17.5 Å². The lowest BCUT2D eigenvalue weighted by Crippen LogP contribution is -2.38. The second-order valence-electron chi connectivity index (χ2n) is 5.91. The topological polar surface area (TPSA) is 71.5 Å². The fourth-order valence-corrected chi connectivity index (χ4v) is 2.72. The monoisotopic (exact) mass is 339 g/mol. The molecule has 1 aliphatic heterocycles. The molecule has 1 atom stereocenters. The maximum atomic E-state index is 12.6. The van der Waals surface area contributed by atoms with Gasteiger partial charge in [0, 0.05) is 18.9 Å². The Bertz CT molecular complexity index is 731. The van der Waals surface area contributed by atoms with Gasteiger partial charge < -0.3 is 10.1 Å². The molecule has 6 heteroatoms. The number of rotatable bonds is 7. The summed E-state index contributed by atoms with van der Waals surface area (Å²) in [4.78, 5) is 30.2. The first-order chi connectivity index (χ1) is 12.2. The predicted octanol–water partition coefficient (Wildman–Crippen LogP) is 2.29. The molecular formula is C19H21N3O3. The van der Waals surface area contributed by atoms with E-state index in [9.17, 15) is 9.59 Å². The number of anilines is 1. The molecule has 25 heavy (non-hydrogen) atoms. The van der Waals surface area contributed by atoms with Crippen molar-refractivity contribution < 1.29 is 14.3 Å². The molecule has 130 valence electrons. The Morgan fingerprint density at radius 2 is 2.04 bits per heavy atom. The van der Waals surface area contributed by atoms with Crippen molar-refractivity contribution in [2.75, 3.05) is 11.5 Å². The molecule has 0 aliphatic carbocycles. The van der Waals surface area contributed by atoms with Crippen LogP contribution in [0.3, 0.4) is 0 Å². The van der Waals surface area contributed by atoms with E-state index in [0.29, 0.717) is 18.8 Å². The smallest absolute Gasteiger partial charge is 0.251 e. The van der Waals surface area contributed by atoms with Crippen molar-refractivity contribution in [2.45, 2.75) is 32.4 Å². The number of aromatic nitrogens is 1. The SMILES string of the molecule is CCCOc1ccc(N2C(=O)C[C@H](NCc3cccnc3)C2=O)cc1. The van der Waals surface area contributed by atoms with Crippen LogP contribution in [0.15, 0.2) is 48.8 Å². The molecule has 1 saturated heterocycles. The van der Waals surface area contributed by atoms with Crippen LogP contribution in [0.4, 0.5) is 5.69 Å². The Morgan fingerprint density at radius 3 is 2.72 bits per heavy atom. The average molecular weight is 339 g/mol. The number of pyridine rings is 1. The van der Waals surface area contributed by atoms with E-state index in [2.05, 4.69) is 10.3 Å². The summed E-state index contributed by atoms with van der Waals surface area (Å²) in [6.45, 7) is 3.17. The number of amides is 2. The lowest BCUT2D eigenvalue weighted by molar-refractivity contribution is -0.121. The van der Waals surface area contributed by atoms with Gasteiger partial charge in [-0.25, -0.2) is 4.90 Å². The van der Waals surface area contributed by atoms with E-state index in [4.69, 9.17) is 4.74 Å². The molecule has 0 radical (unpaired) electrons. The Morgan fingerprint density at radius 1 is 1.24 bits per heavy atom. The summed E-state index contributed by atoms with van der Waals surface area (Å²) in [6, 6.07) is 10.3. The number of carbonyl (C=O) groups is 2. The van der Waals surface area contributed by atoms with Crippen LogP contribution in [0.25, 0.3) is 0 Å². The molecule has 1 aromatic heterocycles. The van der Waals surface area contributed by atoms with E-state index in [1.165, 1.54) is 4.90 Å². The number of hydrogen-bond donors (Lipinski definition) is 1. The van der Waals surface area contributed by atoms with Gasteiger partial charge in [0.15, 0.2) is 0 Å². The Hall–Kier alpha value is -2.73. The molecule has 1 aliphatic rings. The number of ether oxygens (including phenoxy) is 1. The van der Waals surface area contributed by atoms with Crippen LogP contribution in [0.5, 0.6) is 5.75 Å². The number of nitrogens with one attached hydrogen (secondary N) is 1. The Balaban J connectivity index is 1.64. The van der Waals surface area contributed by atoms with E-state index in [1.54, 1.807) is 36.7 Å². The normalized spacial score (nSPS) is 17.2. The fourth-order valence-electron chi connectivity index (χ4n) is 2.72. The minimum Gasteiger partial charge on any atom is -0.494 e. The third-order valence-corrected chi connectivity index (χ3v) is 3.99. The van der Waals surface area contributed by atoms with Crippen molar-refractivity contribution in [1.82, 2.24) is 10.3 Å². The highest BCUT2D eigenvalue weighted by Gasteiger charge is 2.39. The quantitative estimate of drug-likeness (QED) is 0.784. The van der Waals surface area contributed by atoms with Crippen LogP contribution in [0, 0.1) is 0 Å². The summed E-state index contributed by atoms with van der Waals surface area (Å²) >= 11 is 0. The summed E-state index contributed by atoms with van der Waals surface area (Å²) in [5.74, 6) is 0.308. The summed E-state index contributed by atoms with van der Waals surface area (Å²) in [5, 5.41) is 3.14. The van der Waals surface area contributed by atoms with Gasteiger partial charge in [-0.05, 0) is 42.3 Å². The highest BCUT2D eigenvalue weighted by Crippen LogP contribution is 2.25. The van der Waals surface area contributed by atoms with Gasteiger partial charge in [0.1, 0.15) is 5.75 Å². The van der Waals surface area contributed by atoms with E-state index >= 15 is 0 Å². The Labute approximate surface area is 146 Å². The number of hydrogen-bond acceptors (Lipinski definition) is 5. The molecule has 3 rings (SSSR count). The molecular weight excluding hydrogens is 318 g/mol. The standard InChI is InChI=1S/C19H21N3O3/c1-2-10-25-16-7-5-15(6-8-16)22-18(23)11-17(19(22)24)21-13-14-4-3-9-20-12-14/h3-9,12,17,21H,2,10-11,13H2,1H3/t17-/m0/s1. The van der Waals surface area contributed by atoms with E-state index < -0.39 is 6.04 Å². The molecule has 1 aromatic carbocycles. The van der Waals surface area contributed by atoms with Gasteiger partial charge in [0.2, 0.25) is 5.91 Å². The second-order valence-corrected chi connectivity index (χ2v) is 5.91. The lowest BCUT2D eigenvalue weighted by Gasteiger charge is -2.16. The molecule has 0 spiro atoms. The highest BCUT2D eigenvalue weighted by atomic mass is 16.5. The molecule has 1 fully saturated rings. The molecule has 2 amide bonds. The van der Waals surface area contributed by atoms with Crippen LogP contribution in [-0.2, 0) is 16.1 Å². The van der Waals surface area contributed by atoms with Gasteiger partial charge >= 0.3 is 0 Å². The first-order valence-electron chi connectivity index (χ1n) is 8.41. The first-order valence-corrected chi connectivity index (χ1v) is 8.41. The second kappa shape index (κ2) is 7.90. The molecule has 1 N–H and O–H groups in total. The molecule has 0 unspecified atom stereocenters. The summed E-state index contributed by atoms with van der Waals surface area (Å²) in [5.41, 5.74) is 1.54. The van der Waals surface area contributed by atoms with Gasteiger partial charge in [-0.15, -0.1) is 0 Å². The molecule has 2 heterocycles. The number of benzene rings is 1. The van der Waals surface area contributed by atoms with Crippen molar-refractivity contribution in [2.24, 2.45) is 0 Å². The van der Waals surface area contributed by atoms with Crippen molar-refractivity contribution in [3.05, 3.63) is 54.4 Å². The van der Waals surface area contributed by atoms with Gasteiger partial charge in [-0.1, -0.05) is 13.0 Å². The minimum absolute atomic E-state index is 0.160. The predicted molar refractivity (Wildman–Crippen MR) is 94.2 cm³/mol. The summed E-state index contributed by atoms with van der Waals surface area (Å²) in [6.07, 6.45) is 4.52. The third kappa shape index (κ3) is 4.03.